The minimum absolute atomic E-state index is 0.0141. The number of carbonyl (C=O) groups excluding carboxylic acids is 2. The molecule has 0 atom stereocenters. The van der Waals surface area contributed by atoms with Crippen molar-refractivity contribution in [3.63, 3.8) is 0 Å². The van der Waals surface area contributed by atoms with Crippen molar-refractivity contribution < 1.29 is 14.0 Å². The van der Waals surface area contributed by atoms with E-state index in [0.29, 0.717) is 44.2 Å². The Kier molecular flexibility index (Phi) is 4.97. The van der Waals surface area contributed by atoms with Crippen molar-refractivity contribution in [2.45, 2.75) is 39.9 Å². The second-order valence-electron chi connectivity index (χ2n) is 6.51. The molecule has 26 heavy (non-hydrogen) atoms. The van der Waals surface area contributed by atoms with Gasteiger partial charge < -0.3 is 19.5 Å². The molecule has 0 aromatic carbocycles. The van der Waals surface area contributed by atoms with Gasteiger partial charge in [-0.1, -0.05) is 6.92 Å². The molecule has 3 amide bonds. The van der Waals surface area contributed by atoms with E-state index in [4.69, 9.17) is 4.42 Å². The van der Waals surface area contributed by atoms with E-state index in [2.05, 4.69) is 15.4 Å². The number of fused-ring (bicyclic) bond motifs is 1. The van der Waals surface area contributed by atoms with Crippen LogP contribution in [-0.4, -0.2) is 57.1 Å². The molecule has 9 heteroatoms. The lowest BCUT2D eigenvalue weighted by Crippen LogP contribution is -2.43. The Hall–Kier alpha value is -2.84. The van der Waals surface area contributed by atoms with Crippen LogP contribution in [0.2, 0.25) is 0 Å². The molecular weight excluding hydrogens is 336 g/mol. The lowest BCUT2D eigenvalue weighted by atomic mass is 10.3. The highest BCUT2D eigenvalue weighted by Gasteiger charge is 2.23. The third-order valence-electron chi connectivity index (χ3n) is 4.28. The number of rotatable bonds is 4. The zero-order valence-corrected chi connectivity index (χ0v) is 15.6. The second-order valence-corrected chi connectivity index (χ2v) is 6.51. The van der Waals surface area contributed by atoms with Gasteiger partial charge in [-0.25, -0.2) is 9.78 Å². The number of hydrogen-bond donors (Lipinski definition) is 1. The summed E-state index contributed by atoms with van der Waals surface area (Å²) in [4.78, 5) is 31.9. The Balaban J connectivity index is 1.63. The van der Waals surface area contributed by atoms with Gasteiger partial charge in [-0.2, -0.15) is 5.10 Å². The highest BCUT2D eigenvalue weighted by Crippen LogP contribution is 2.15. The first-order chi connectivity index (χ1) is 12.4. The zero-order chi connectivity index (χ0) is 18.8. The average molecular weight is 360 g/mol. The summed E-state index contributed by atoms with van der Waals surface area (Å²) >= 11 is 0. The van der Waals surface area contributed by atoms with Crippen LogP contribution in [0, 0.1) is 6.92 Å². The fourth-order valence-electron chi connectivity index (χ4n) is 2.92. The Bertz CT molecular complexity index is 823. The molecule has 1 N–H and O–H groups in total. The van der Waals surface area contributed by atoms with Gasteiger partial charge >= 0.3 is 6.03 Å². The second kappa shape index (κ2) is 7.19. The van der Waals surface area contributed by atoms with Crippen LogP contribution in [0.15, 0.2) is 10.5 Å². The Morgan fingerprint density at radius 2 is 2.12 bits per heavy atom. The van der Waals surface area contributed by atoms with Crippen LogP contribution >= 0.6 is 0 Å². The number of hydrogen-bond acceptors (Lipinski definition) is 5. The molecule has 2 aromatic rings. The van der Waals surface area contributed by atoms with Crippen molar-refractivity contribution in [1.29, 1.82) is 0 Å². The highest BCUT2D eigenvalue weighted by molar-refractivity contribution is 5.92. The first-order valence-corrected chi connectivity index (χ1v) is 8.65. The standard InChI is InChI=1S/C17H24N6O3/c1-5-14-19-11(2)15(26-14)16(24)18-9-12-8-13-10-22(17(25)21(3)4)6-7-23(13)20-12/h8H,5-7,9-10H2,1-4H3,(H,18,24). The summed E-state index contributed by atoms with van der Waals surface area (Å²) in [5.74, 6) is 0.495. The Labute approximate surface area is 152 Å². The van der Waals surface area contributed by atoms with E-state index in [9.17, 15) is 9.59 Å². The van der Waals surface area contributed by atoms with Crippen molar-refractivity contribution in [3.8, 4) is 0 Å². The van der Waals surface area contributed by atoms with Crippen LogP contribution in [-0.2, 0) is 26.1 Å². The molecule has 0 unspecified atom stereocenters. The number of carbonyl (C=O) groups is 2. The predicted octanol–water partition coefficient (Wildman–Crippen LogP) is 1.17. The number of aromatic nitrogens is 3. The van der Waals surface area contributed by atoms with Crippen molar-refractivity contribution in [2.75, 3.05) is 20.6 Å². The minimum Gasteiger partial charge on any atom is -0.435 e. The maximum Gasteiger partial charge on any atom is 0.319 e. The van der Waals surface area contributed by atoms with E-state index < -0.39 is 0 Å². The normalized spacial score (nSPS) is 13.5. The molecule has 1 aliphatic rings. The van der Waals surface area contributed by atoms with Crippen LogP contribution in [0.25, 0.3) is 0 Å². The van der Waals surface area contributed by atoms with Gasteiger partial charge in [0.2, 0.25) is 5.76 Å². The van der Waals surface area contributed by atoms with Gasteiger partial charge in [0.15, 0.2) is 5.89 Å². The summed E-state index contributed by atoms with van der Waals surface area (Å²) in [5, 5.41) is 7.32. The van der Waals surface area contributed by atoms with Crippen LogP contribution in [0.4, 0.5) is 4.79 Å². The fraction of sp³-hybridized carbons (Fsp3) is 0.529. The number of oxazole rings is 1. The van der Waals surface area contributed by atoms with Crippen LogP contribution in [0.5, 0.6) is 0 Å². The average Bonchev–Trinajstić information content (AvgIpc) is 3.20. The largest absolute Gasteiger partial charge is 0.435 e. The minimum atomic E-state index is -0.301. The van der Waals surface area contributed by atoms with Crippen LogP contribution in [0.3, 0.4) is 0 Å². The fourth-order valence-corrected chi connectivity index (χ4v) is 2.92. The van der Waals surface area contributed by atoms with Gasteiger partial charge in [0.1, 0.15) is 0 Å². The van der Waals surface area contributed by atoms with E-state index >= 15 is 0 Å². The smallest absolute Gasteiger partial charge is 0.319 e. The topological polar surface area (TPSA) is 96.5 Å². The Morgan fingerprint density at radius 3 is 2.77 bits per heavy atom. The molecule has 0 saturated carbocycles. The summed E-state index contributed by atoms with van der Waals surface area (Å²) in [6.45, 7) is 5.75. The molecule has 140 valence electrons. The molecule has 3 rings (SSSR count). The summed E-state index contributed by atoms with van der Waals surface area (Å²) in [6, 6.07) is 1.90. The molecule has 2 aromatic heterocycles. The van der Waals surface area contributed by atoms with Gasteiger partial charge in [0.25, 0.3) is 5.91 Å². The molecular formula is C17H24N6O3. The summed E-state index contributed by atoms with van der Waals surface area (Å²) in [7, 11) is 3.48. The van der Waals surface area contributed by atoms with Crippen molar-refractivity contribution in [3.05, 3.63) is 34.8 Å². The van der Waals surface area contributed by atoms with E-state index in [0.717, 1.165) is 11.4 Å². The molecule has 1 aliphatic heterocycles. The monoisotopic (exact) mass is 360 g/mol. The maximum absolute atomic E-state index is 12.3. The molecule has 0 saturated heterocycles. The van der Waals surface area contributed by atoms with E-state index in [1.165, 1.54) is 0 Å². The number of nitrogens with one attached hydrogen (secondary N) is 1. The highest BCUT2D eigenvalue weighted by atomic mass is 16.4. The summed E-state index contributed by atoms with van der Waals surface area (Å²) < 4.78 is 7.35. The number of aryl methyl sites for hydroxylation is 2. The Morgan fingerprint density at radius 1 is 1.35 bits per heavy atom. The predicted molar refractivity (Wildman–Crippen MR) is 93.5 cm³/mol. The van der Waals surface area contributed by atoms with Gasteiger partial charge in [0, 0.05) is 27.1 Å². The quantitative estimate of drug-likeness (QED) is 0.883. The third-order valence-corrected chi connectivity index (χ3v) is 4.28. The van der Waals surface area contributed by atoms with Gasteiger partial charge in [-0.3, -0.25) is 9.48 Å². The van der Waals surface area contributed by atoms with Crippen molar-refractivity contribution in [2.24, 2.45) is 0 Å². The van der Waals surface area contributed by atoms with E-state index in [1.807, 2.05) is 17.7 Å². The lowest BCUT2D eigenvalue weighted by Gasteiger charge is -2.29. The van der Waals surface area contributed by atoms with Crippen molar-refractivity contribution >= 4 is 11.9 Å². The molecule has 0 spiro atoms. The van der Waals surface area contributed by atoms with Crippen LogP contribution in [0.1, 0.15) is 40.5 Å². The van der Waals surface area contributed by atoms with Gasteiger partial charge in [0.05, 0.1) is 36.7 Å². The van der Waals surface area contributed by atoms with Crippen LogP contribution < -0.4 is 5.32 Å². The SMILES string of the molecule is CCc1nc(C)c(C(=O)NCc2cc3n(n2)CCN(C(=O)N(C)C)C3)o1. The zero-order valence-electron chi connectivity index (χ0n) is 15.6. The molecule has 0 bridgehead atoms. The maximum atomic E-state index is 12.3. The third kappa shape index (κ3) is 3.56. The molecule has 3 heterocycles. The summed E-state index contributed by atoms with van der Waals surface area (Å²) in [6.07, 6.45) is 0.643. The van der Waals surface area contributed by atoms with Crippen molar-refractivity contribution in [1.82, 2.24) is 29.9 Å². The number of nitrogens with zero attached hydrogens (tertiary/aromatic N) is 5. The van der Waals surface area contributed by atoms with E-state index in [1.54, 1.807) is 30.8 Å². The van der Waals surface area contributed by atoms with Gasteiger partial charge in [-0.15, -0.1) is 0 Å². The number of amides is 3. The summed E-state index contributed by atoms with van der Waals surface area (Å²) in [5.41, 5.74) is 2.29. The van der Waals surface area contributed by atoms with E-state index in [-0.39, 0.29) is 17.7 Å². The number of urea groups is 1. The first kappa shape index (κ1) is 18.0. The molecule has 9 nitrogen and oxygen atoms in total. The first-order valence-electron chi connectivity index (χ1n) is 8.65. The molecule has 0 aliphatic carbocycles. The lowest BCUT2D eigenvalue weighted by molar-refractivity contribution is 0.0920. The molecule has 0 fully saturated rings. The van der Waals surface area contributed by atoms with Gasteiger partial charge in [-0.05, 0) is 13.0 Å². The molecule has 0 radical (unpaired) electrons.